The second-order valence-electron chi connectivity index (χ2n) is 6.31. The number of benzene rings is 2. The van der Waals surface area contributed by atoms with E-state index in [1.54, 1.807) is 0 Å². The molecule has 0 radical (unpaired) electrons. The summed E-state index contributed by atoms with van der Waals surface area (Å²) in [5, 5.41) is 2.95. The third-order valence-electron chi connectivity index (χ3n) is 4.01. The molecular weight excluding hydrogens is 348 g/mol. The largest absolute Gasteiger partial charge is 0.321 e. The highest BCUT2D eigenvalue weighted by molar-refractivity contribution is 7.89. The number of para-hydroxylation sites is 1. The lowest BCUT2D eigenvalue weighted by Crippen LogP contribution is -2.23. The van der Waals surface area contributed by atoms with Gasteiger partial charge in [0.05, 0.1) is 4.90 Å². The van der Waals surface area contributed by atoms with Gasteiger partial charge in [0.1, 0.15) is 0 Å². The standard InChI is InChI=1S/C20H24N2O3S/c1-5-13-21-26(24,25)17-11-9-16(10-12-17)20(23)22-19-15(4)7-6-8-18(19)14(2)3/h5-12,14,21H,1,13H2,2-4H3,(H,22,23). The van der Waals surface area contributed by atoms with E-state index in [-0.39, 0.29) is 23.3 Å². The highest BCUT2D eigenvalue weighted by atomic mass is 32.2. The molecule has 0 spiro atoms. The zero-order valence-corrected chi connectivity index (χ0v) is 16.1. The Morgan fingerprint density at radius 1 is 1.15 bits per heavy atom. The first-order chi connectivity index (χ1) is 12.3. The molecular formula is C20H24N2O3S. The van der Waals surface area contributed by atoms with Crippen LogP contribution in [0.3, 0.4) is 0 Å². The van der Waals surface area contributed by atoms with Crippen molar-refractivity contribution in [1.82, 2.24) is 4.72 Å². The van der Waals surface area contributed by atoms with Gasteiger partial charge >= 0.3 is 0 Å². The predicted molar refractivity (Wildman–Crippen MR) is 105 cm³/mol. The summed E-state index contributed by atoms with van der Waals surface area (Å²) in [6, 6.07) is 11.8. The smallest absolute Gasteiger partial charge is 0.255 e. The first-order valence-electron chi connectivity index (χ1n) is 8.37. The quantitative estimate of drug-likeness (QED) is 0.725. The normalized spacial score (nSPS) is 11.4. The summed E-state index contributed by atoms with van der Waals surface area (Å²) < 4.78 is 26.5. The highest BCUT2D eigenvalue weighted by Gasteiger charge is 2.16. The van der Waals surface area contributed by atoms with E-state index in [0.717, 1.165) is 16.8 Å². The van der Waals surface area contributed by atoms with Crippen molar-refractivity contribution in [3.05, 3.63) is 71.8 Å². The number of carbonyl (C=O) groups excluding carboxylic acids is 1. The van der Waals surface area contributed by atoms with Crippen LogP contribution in [0.5, 0.6) is 0 Å². The van der Waals surface area contributed by atoms with Crippen molar-refractivity contribution in [2.45, 2.75) is 31.6 Å². The van der Waals surface area contributed by atoms with E-state index in [1.807, 2.05) is 25.1 Å². The van der Waals surface area contributed by atoms with E-state index in [4.69, 9.17) is 0 Å². The number of nitrogens with one attached hydrogen (secondary N) is 2. The Labute approximate surface area is 155 Å². The van der Waals surface area contributed by atoms with Gasteiger partial charge in [-0.15, -0.1) is 6.58 Å². The van der Waals surface area contributed by atoms with E-state index in [0.29, 0.717) is 5.56 Å². The van der Waals surface area contributed by atoms with Crippen molar-refractivity contribution >= 4 is 21.6 Å². The van der Waals surface area contributed by atoms with Crippen LogP contribution in [0.15, 0.2) is 60.0 Å². The Morgan fingerprint density at radius 3 is 2.38 bits per heavy atom. The van der Waals surface area contributed by atoms with Crippen LogP contribution < -0.4 is 10.0 Å². The van der Waals surface area contributed by atoms with Crippen LogP contribution in [0.1, 0.15) is 41.3 Å². The number of hydrogen-bond acceptors (Lipinski definition) is 3. The van der Waals surface area contributed by atoms with Gasteiger partial charge in [-0.2, -0.15) is 0 Å². The van der Waals surface area contributed by atoms with Crippen molar-refractivity contribution in [2.24, 2.45) is 0 Å². The van der Waals surface area contributed by atoms with Crippen LogP contribution in [-0.2, 0) is 10.0 Å². The maximum absolute atomic E-state index is 12.6. The maximum atomic E-state index is 12.6. The topological polar surface area (TPSA) is 75.3 Å². The Bertz CT molecular complexity index is 901. The van der Waals surface area contributed by atoms with Gasteiger partial charge in [-0.25, -0.2) is 13.1 Å². The SMILES string of the molecule is C=CCNS(=O)(=O)c1ccc(C(=O)Nc2c(C)cccc2C(C)C)cc1. The molecule has 0 saturated carbocycles. The maximum Gasteiger partial charge on any atom is 0.255 e. The molecule has 2 rings (SSSR count). The van der Waals surface area contributed by atoms with Gasteiger partial charge in [-0.05, 0) is 48.2 Å². The molecule has 0 aromatic heterocycles. The Balaban J connectivity index is 2.23. The summed E-state index contributed by atoms with van der Waals surface area (Å²) in [7, 11) is -3.60. The number of rotatable bonds is 7. The Kier molecular flexibility index (Phi) is 6.34. The van der Waals surface area contributed by atoms with E-state index in [9.17, 15) is 13.2 Å². The lowest BCUT2D eigenvalue weighted by atomic mass is 9.98. The molecule has 0 saturated heterocycles. The van der Waals surface area contributed by atoms with Gasteiger partial charge in [0.15, 0.2) is 0 Å². The number of sulfonamides is 1. The molecule has 2 N–H and O–H groups in total. The lowest BCUT2D eigenvalue weighted by molar-refractivity contribution is 0.102. The number of hydrogen-bond donors (Lipinski definition) is 2. The minimum Gasteiger partial charge on any atom is -0.321 e. The first kappa shape index (κ1) is 19.9. The van der Waals surface area contributed by atoms with E-state index >= 15 is 0 Å². The fourth-order valence-corrected chi connectivity index (χ4v) is 3.56. The zero-order chi connectivity index (χ0) is 19.3. The van der Waals surface area contributed by atoms with Gasteiger partial charge < -0.3 is 5.32 Å². The van der Waals surface area contributed by atoms with Crippen molar-refractivity contribution in [1.29, 1.82) is 0 Å². The minimum atomic E-state index is -3.60. The van der Waals surface area contributed by atoms with Crippen LogP contribution in [-0.4, -0.2) is 20.9 Å². The molecule has 1 amide bonds. The second-order valence-corrected chi connectivity index (χ2v) is 8.08. The molecule has 0 aliphatic carbocycles. The van der Waals surface area contributed by atoms with Crippen LogP contribution >= 0.6 is 0 Å². The summed E-state index contributed by atoms with van der Waals surface area (Å²) in [6.45, 7) is 9.72. The molecule has 6 heteroatoms. The average Bonchev–Trinajstić information content (AvgIpc) is 2.61. The summed E-state index contributed by atoms with van der Waals surface area (Å²) in [5.41, 5.74) is 3.24. The second kappa shape index (κ2) is 8.29. The van der Waals surface area contributed by atoms with E-state index in [2.05, 4.69) is 30.5 Å². The third kappa shape index (κ3) is 4.59. The van der Waals surface area contributed by atoms with Crippen LogP contribution in [0.4, 0.5) is 5.69 Å². The van der Waals surface area contributed by atoms with E-state index < -0.39 is 10.0 Å². The summed E-state index contributed by atoms with van der Waals surface area (Å²) in [4.78, 5) is 12.7. The van der Waals surface area contributed by atoms with Crippen molar-refractivity contribution in [3.63, 3.8) is 0 Å². The first-order valence-corrected chi connectivity index (χ1v) is 9.86. The molecule has 0 atom stereocenters. The molecule has 0 heterocycles. The number of anilines is 1. The van der Waals surface area contributed by atoms with E-state index in [1.165, 1.54) is 30.3 Å². The van der Waals surface area contributed by atoms with Gasteiger partial charge in [0.25, 0.3) is 5.91 Å². The number of aryl methyl sites for hydroxylation is 1. The number of carbonyl (C=O) groups is 1. The fourth-order valence-electron chi connectivity index (χ4n) is 2.57. The zero-order valence-electron chi connectivity index (χ0n) is 15.2. The monoisotopic (exact) mass is 372 g/mol. The molecule has 138 valence electrons. The molecule has 5 nitrogen and oxygen atoms in total. The van der Waals surface area contributed by atoms with Crippen LogP contribution in [0.2, 0.25) is 0 Å². The molecule has 2 aromatic carbocycles. The van der Waals surface area contributed by atoms with Gasteiger partial charge in [-0.3, -0.25) is 4.79 Å². The molecule has 0 fully saturated rings. The lowest BCUT2D eigenvalue weighted by Gasteiger charge is -2.16. The van der Waals surface area contributed by atoms with Crippen molar-refractivity contribution in [2.75, 3.05) is 11.9 Å². The molecule has 0 aliphatic rings. The van der Waals surface area contributed by atoms with Gasteiger partial charge in [0.2, 0.25) is 10.0 Å². The predicted octanol–water partition coefficient (Wildman–Crippen LogP) is 3.84. The third-order valence-corrected chi connectivity index (χ3v) is 5.45. The van der Waals surface area contributed by atoms with Crippen molar-refractivity contribution < 1.29 is 13.2 Å². The highest BCUT2D eigenvalue weighted by Crippen LogP contribution is 2.28. The van der Waals surface area contributed by atoms with Crippen LogP contribution in [0, 0.1) is 6.92 Å². The molecule has 0 aliphatic heterocycles. The molecule has 2 aromatic rings. The van der Waals surface area contributed by atoms with Gasteiger partial charge in [0, 0.05) is 17.8 Å². The van der Waals surface area contributed by atoms with Crippen LogP contribution in [0.25, 0.3) is 0 Å². The average molecular weight is 372 g/mol. The Hall–Kier alpha value is -2.44. The van der Waals surface area contributed by atoms with Gasteiger partial charge in [-0.1, -0.05) is 38.1 Å². The summed E-state index contributed by atoms with van der Waals surface area (Å²) in [6.07, 6.45) is 1.47. The summed E-state index contributed by atoms with van der Waals surface area (Å²) in [5.74, 6) is -0.00199. The Morgan fingerprint density at radius 2 is 1.81 bits per heavy atom. The molecule has 26 heavy (non-hydrogen) atoms. The summed E-state index contributed by atoms with van der Waals surface area (Å²) >= 11 is 0. The molecule has 0 unspecified atom stereocenters. The molecule has 0 bridgehead atoms. The van der Waals surface area contributed by atoms with Crippen molar-refractivity contribution in [3.8, 4) is 0 Å². The fraction of sp³-hybridized carbons (Fsp3) is 0.250. The number of amides is 1. The minimum absolute atomic E-state index is 0.106.